The lowest BCUT2D eigenvalue weighted by Gasteiger charge is -2.14. The molecule has 0 saturated carbocycles. The van der Waals surface area contributed by atoms with Crippen molar-refractivity contribution in [1.29, 1.82) is 0 Å². The Kier molecular flexibility index (Phi) is 3.80. The Balaban J connectivity index is 1.60. The van der Waals surface area contributed by atoms with Crippen LogP contribution >= 0.6 is 0 Å². The van der Waals surface area contributed by atoms with E-state index < -0.39 is 5.91 Å². The molecule has 3 amide bonds. The maximum Gasteiger partial charge on any atom is 0.261 e. The predicted octanol–water partition coefficient (Wildman–Crippen LogP) is 1.46. The lowest BCUT2D eigenvalue weighted by Crippen LogP contribution is -2.33. The molecule has 0 saturated heterocycles. The Labute approximate surface area is 132 Å². The van der Waals surface area contributed by atoms with E-state index in [0.717, 1.165) is 0 Å². The van der Waals surface area contributed by atoms with Gasteiger partial charge in [0.05, 0.1) is 17.7 Å². The maximum atomic E-state index is 12.2. The molecule has 6 heteroatoms. The number of ether oxygens (including phenoxy) is 1. The first kappa shape index (κ1) is 14.8. The Morgan fingerprint density at radius 2 is 1.52 bits per heavy atom. The number of nitrogens with two attached hydrogens (primary N) is 1. The summed E-state index contributed by atoms with van der Waals surface area (Å²) in [4.78, 5) is 36.5. The van der Waals surface area contributed by atoms with Gasteiger partial charge < -0.3 is 10.5 Å². The van der Waals surface area contributed by atoms with Crippen molar-refractivity contribution in [2.24, 2.45) is 5.73 Å². The predicted molar refractivity (Wildman–Crippen MR) is 82.3 cm³/mol. The monoisotopic (exact) mass is 310 g/mol. The molecule has 2 aromatic carbocycles. The molecular weight excluding hydrogens is 296 g/mol. The minimum atomic E-state index is -0.512. The molecule has 3 rings (SSSR count). The molecule has 1 aliphatic rings. The largest absolute Gasteiger partial charge is 0.492 e. The standard InChI is InChI=1S/C17H14N2O4/c18-15(20)11-5-7-12(8-6-11)23-10-9-19-16(21)13-3-1-2-4-14(13)17(19)22/h1-8H,9-10H2,(H2,18,20). The van der Waals surface area contributed by atoms with Crippen molar-refractivity contribution in [2.75, 3.05) is 13.2 Å². The van der Waals surface area contributed by atoms with E-state index in [-0.39, 0.29) is 25.0 Å². The van der Waals surface area contributed by atoms with Gasteiger partial charge in [-0.2, -0.15) is 0 Å². The van der Waals surface area contributed by atoms with Crippen LogP contribution < -0.4 is 10.5 Å². The van der Waals surface area contributed by atoms with Gasteiger partial charge in [0.25, 0.3) is 11.8 Å². The van der Waals surface area contributed by atoms with Crippen LogP contribution in [-0.4, -0.2) is 35.8 Å². The smallest absolute Gasteiger partial charge is 0.261 e. The van der Waals surface area contributed by atoms with Crippen LogP contribution in [0, 0.1) is 0 Å². The highest BCUT2D eigenvalue weighted by atomic mass is 16.5. The van der Waals surface area contributed by atoms with Gasteiger partial charge in [0.15, 0.2) is 0 Å². The molecule has 0 radical (unpaired) electrons. The Morgan fingerprint density at radius 3 is 2.04 bits per heavy atom. The lowest BCUT2D eigenvalue weighted by molar-refractivity contribution is 0.0631. The van der Waals surface area contributed by atoms with Gasteiger partial charge in [0.2, 0.25) is 5.91 Å². The highest BCUT2D eigenvalue weighted by molar-refractivity contribution is 6.21. The molecule has 0 atom stereocenters. The molecule has 0 unspecified atom stereocenters. The number of imide groups is 1. The summed E-state index contributed by atoms with van der Waals surface area (Å²) in [6, 6.07) is 13.1. The number of hydrogen-bond donors (Lipinski definition) is 1. The summed E-state index contributed by atoms with van der Waals surface area (Å²) < 4.78 is 5.50. The van der Waals surface area contributed by atoms with Crippen LogP contribution in [0.4, 0.5) is 0 Å². The summed E-state index contributed by atoms with van der Waals surface area (Å²) in [6.07, 6.45) is 0. The van der Waals surface area contributed by atoms with E-state index in [1.807, 2.05) is 0 Å². The maximum absolute atomic E-state index is 12.2. The van der Waals surface area contributed by atoms with Crippen molar-refractivity contribution in [3.63, 3.8) is 0 Å². The second-order valence-electron chi connectivity index (χ2n) is 5.04. The number of primary amides is 1. The second kappa shape index (κ2) is 5.92. The molecule has 1 heterocycles. The molecule has 116 valence electrons. The average Bonchev–Trinajstić information content (AvgIpc) is 2.81. The van der Waals surface area contributed by atoms with Gasteiger partial charge in [-0.1, -0.05) is 12.1 Å². The first-order valence-corrected chi connectivity index (χ1v) is 7.06. The van der Waals surface area contributed by atoms with Crippen molar-refractivity contribution >= 4 is 17.7 Å². The fourth-order valence-electron chi connectivity index (χ4n) is 2.41. The van der Waals surface area contributed by atoms with Gasteiger partial charge in [0.1, 0.15) is 12.4 Å². The van der Waals surface area contributed by atoms with Crippen LogP contribution in [0.5, 0.6) is 5.75 Å². The van der Waals surface area contributed by atoms with Crippen molar-refractivity contribution < 1.29 is 19.1 Å². The molecule has 0 fully saturated rings. The molecule has 0 aromatic heterocycles. The Bertz CT molecular complexity index is 748. The minimum Gasteiger partial charge on any atom is -0.492 e. The van der Waals surface area contributed by atoms with Crippen molar-refractivity contribution in [2.45, 2.75) is 0 Å². The van der Waals surface area contributed by atoms with Crippen LogP contribution in [0.25, 0.3) is 0 Å². The van der Waals surface area contributed by atoms with E-state index in [1.54, 1.807) is 48.5 Å². The number of nitrogens with zero attached hydrogens (tertiary/aromatic N) is 1. The van der Waals surface area contributed by atoms with Crippen LogP contribution in [0.1, 0.15) is 31.1 Å². The zero-order valence-corrected chi connectivity index (χ0v) is 12.2. The number of carbonyl (C=O) groups is 3. The third-order valence-corrected chi connectivity index (χ3v) is 3.60. The molecule has 0 spiro atoms. The van der Waals surface area contributed by atoms with Crippen LogP contribution in [0.15, 0.2) is 48.5 Å². The van der Waals surface area contributed by atoms with Gasteiger partial charge in [-0.3, -0.25) is 19.3 Å². The number of hydrogen-bond acceptors (Lipinski definition) is 4. The van der Waals surface area contributed by atoms with Crippen molar-refractivity contribution in [1.82, 2.24) is 4.90 Å². The van der Waals surface area contributed by atoms with Crippen LogP contribution in [-0.2, 0) is 0 Å². The van der Waals surface area contributed by atoms with E-state index >= 15 is 0 Å². The molecule has 2 aromatic rings. The summed E-state index contributed by atoms with van der Waals surface area (Å²) in [6.45, 7) is 0.325. The van der Waals surface area contributed by atoms with Gasteiger partial charge in [-0.25, -0.2) is 0 Å². The number of rotatable bonds is 5. The zero-order chi connectivity index (χ0) is 16.4. The second-order valence-corrected chi connectivity index (χ2v) is 5.04. The normalized spacial score (nSPS) is 13.1. The van der Waals surface area contributed by atoms with E-state index in [1.165, 1.54) is 4.90 Å². The topological polar surface area (TPSA) is 89.7 Å². The number of fused-ring (bicyclic) bond motifs is 1. The molecule has 0 bridgehead atoms. The minimum absolute atomic E-state index is 0.157. The first-order valence-electron chi connectivity index (χ1n) is 7.06. The Morgan fingerprint density at radius 1 is 0.957 bits per heavy atom. The number of amides is 3. The van der Waals surface area contributed by atoms with E-state index in [9.17, 15) is 14.4 Å². The van der Waals surface area contributed by atoms with E-state index in [2.05, 4.69) is 0 Å². The van der Waals surface area contributed by atoms with Crippen molar-refractivity contribution in [3.8, 4) is 5.75 Å². The average molecular weight is 310 g/mol. The number of benzene rings is 2. The number of carbonyl (C=O) groups excluding carboxylic acids is 3. The fourth-order valence-corrected chi connectivity index (χ4v) is 2.41. The quantitative estimate of drug-likeness (QED) is 0.847. The fraction of sp³-hybridized carbons (Fsp3) is 0.118. The summed E-state index contributed by atoms with van der Waals surface area (Å²) in [5.41, 5.74) is 6.38. The van der Waals surface area contributed by atoms with Gasteiger partial charge in [0, 0.05) is 5.56 Å². The van der Waals surface area contributed by atoms with Gasteiger partial charge in [-0.15, -0.1) is 0 Å². The molecule has 1 aliphatic heterocycles. The molecule has 23 heavy (non-hydrogen) atoms. The molecular formula is C17H14N2O4. The molecule has 6 nitrogen and oxygen atoms in total. The van der Waals surface area contributed by atoms with Gasteiger partial charge >= 0.3 is 0 Å². The highest BCUT2D eigenvalue weighted by Gasteiger charge is 2.34. The molecule has 0 aliphatic carbocycles. The summed E-state index contributed by atoms with van der Waals surface area (Å²) in [5, 5.41) is 0. The Hall–Kier alpha value is -3.15. The van der Waals surface area contributed by atoms with Crippen molar-refractivity contribution in [3.05, 3.63) is 65.2 Å². The third kappa shape index (κ3) is 2.78. The lowest BCUT2D eigenvalue weighted by atomic mass is 10.1. The third-order valence-electron chi connectivity index (χ3n) is 3.60. The summed E-state index contributed by atoms with van der Waals surface area (Å²) in [7, 11) is 0. The van der Waals surface area contributed by atoms with Crippen LogP contribution in [0.3, 0.4) is 0 Å². The van der Waals surface area contributed by atoms with E-state index in [4.69, 9.17) is 10.5 Å². The zero-order valence-electron chi connectivity index (χ0n) is 12.2. The summed E-state index contributed by atoms with van der Waals surface area (Å²) in [5.74, 6) is -0.592. The highest BCUT2D eigenvalue weighted by Crippen LogP contribution is 2.22. The summed E-state index contributed by atoms with van der Waals surface area (Å²) >= 11 is 0. The van der Waals surface area contributed by atoms with Crippen LogP contribution in [0.2, 0.25) is 0 Å². The first-order chi connectivity index (χ1) is 11.1. The SMILES string of the molecule is NC(=O)c1ccc(OCCN2C(=O)c3ccccc3C2=O)cc1. The molecule has 2 N–H and O–H groups in total. The van der Waals surface area contributed by atoms with Gasteiger partial charge in [-0.05, 0) is 36.4 Å². The van der Waals surface area contributed by atoms with E-state index in [0.29, 0.717) is 22.4 Å².